The maximum Gasteiger partial charge on any atom is 0.203 e. The van der Waals surface area contributed by atoms with Gasteiger partial charge in [-0.3, -0.25) is 9.58 Å². The Morgan fingerprint density at radius 3 is 2.46 bits per heavy atom. The van der Waals surface area contributed by atoms with Crippen molar-refractivity contribution in [3.63, 3.8) is 0 Å². The molecule has 130 valence electrons. The predicted octanol–water partition coefficient (Wildman–Crippen LogP) is 2.75. The second-order valence-corrected chi connectivity index (χ2v) is 6.05. The average molecular weight is 331 g/mol. The van der Waals surface area contributed by atoms with Crippen LogP contribution in [0.4, 0.5) is 0 Å². The lowest BCUT2D eigenvalue weighted by atomic mass is 10.0. The van der Waals surface area contributed by atoms with Crippen LogP contribution < -0.4 is 14.2 Å². The van der Waals surface area contributed by atoms with Gasteiger partial charge in [-0.05, 0) is 43.1 Å². The average Bonchev–Trinajstić information content (AvgIpc) is 3.15. The highest BCUT2D eigenvalue weighted by molar-refractivity contribution is 5.53. The number of aromatic nitrogens is 2. The molecule has 6 nitrogen and oxygen atoms in total. The Morgan fingerprint density at radius 1 is 1.12 bits per heavy atom. The lowest BCUT2D eigenvalue weighted by Gasteiger charge is -2.33. The molecule has 0 saturated carbocycles. The second-order valence-electron chi connectivity index (χ2n) is 6.05. The minimum Gasteiger partial charge on any atom is -0.493 e. The molecule has 0 amide bonds. The molecule has 3 rings (SSSR count). The van der Waals surface area contributed by atoms with E-state index in [4.69, 9.17) is 14.2 Å². The van der Waals surface area contributed by atoms with E-state index in [0.29, 0.717) is 23.3 Å². The summed E-state index contributed by atoms with van der Waals surface area (Å²) in [5, 5.41) is 4.39. The first-order valence-corrected chi connectivity index (χ1v) is 8.25. The van der Waals surface area contributed by atoms with E-state index in [0.717, 1.165) is 25.2 Å². The van der Waals surface area contributed by atoms with E-state index in [-0.39, 0.29) is 0 Å². The summed E-state index contributed by atoms with van der Waals surface area (Å²) in [5.41, 5.74) is 1.16. The second kappa shape index (κ2) is 7.57. The van der Waals surface area contributed by atoms with Gasteiger partial charge in [-0.15, -0.1) is 0 Å². The van der Waals surface area contributed by atoms with Crippen molar-refractivity contribution >= 4 is 0 Å². The van der Waals surface area contributed by atoms with Crippen LogP contribution in [0.15, 0.2) is 30.6 Å². The largest absolute Gasteiger partial charge is 0.493 e. The standard InChI is InChI=1S/C18H25N3O3/c1-22-16-10-14(11-17(23-2)18(16)24-3)12-20-8-4-6-15(13-20)21-9-5-7-19-21/h5,7,9-11,15H,4,6,8,12-13H2,1-3H3. The first-order valence-electron chi connectivity index (χ1n) is 8.25. The van der Waals surface area contributed by atoms with Crippen molar-refractivity contribution in [2.24, 2.45) is 0 Å². The molecule has 1 aromatic carbocycles. The first-order chi connectivity index (χ1) is 11.7. The molecule has 2 aromatic rings. The molecule has 1 aliphatic heterocycles. The number of likely N-dealkylation sites (tertiary alicyclic amines) is 1. The number of piperidine rings is 1. The maximum atomic E-state index is 5.45. The van der Waals surface area contributed by atoms with Crippen molar-refractivity contribution in [2.45, 2.75) is 25.4 Å². The zero-order valence-electron chi connectivity index (χ0n) is 14.6. The van der Waals surface area contributed by atoms with E-state index in [1.54, 1.807) is 21.3 Å². The minimum atomic E-state index is 0.441. The number of ether oxygens (including phenoxy) is 3. The summed E-state index contributed by atoms with van der Waals surface area (Å²) in [6.07, 6.45) is 6.24. The Labute approximate surface area is 142 Å². The summed E-state index contributed by atoms with van der Waals surface area (Å²) in [5.74, 6) is 2.04. The SMILES string of the molecule is COc1cc(CN2CCCC(n3cccn3)C2)cc(OC)c1OC. The Hall–Kier alpha value is -2.21. The molecule has 24 heavy (non-hydrogen) atoms. The topological polar surface area (TPSA) is 48.8 Å². The summed E-state index contributed by atoms with van der Waals surface area (Å²) >= 11 is 0. The summed E-state index contributed by atoms with van der Waals surface area (Å²) < 4.78 is 18.4. The zero-order valence-corrected chi connectivity index (χ0v) is 14.6. The molecule has 1 atom stereocenters. The first kappa shape index (κ1) is 16.6. The van der Waals surface area contributed by atoms with Crippen LogP contribution >= 0.6 is 0 Å². The third-order valence-electron chi connectivity index (χ3n) is 4.51. The van der Waals surface area contributed by atoms with E-state index in [1.165, 1.54) is 12.8 Å². The van der Waals surface area contributed by atoms with Crippen LogP contribution in [-0.4, -0.2) is 49.1 Å². The monoisotopic (exact) mass is 331 g/mol. The van der Waals surface area contributed by atoms with Crippen molar-refractivity contribution in [1.82, 2.24) is 14.7 Å². The molecule has 0 bridgehead atoms. The molecule has 1 unspecified atom stereocenters. The fourth-order valence-corrected chi connectivity index (χ4v) is 3.37. The third-order valence-corrected chi connectivity index (χ3v) is 4.51. The van der Waals surface area contributed by atoms with Crippen LogP contribution in [-0.2, 0) is 6.54 Å². The molecule has 1 aliphatic rings. The highest BCUT2D eigenvalue weighted by Crippen LogP contribution is 2.38. The Bertz CT molecular complexity index is 633. The molecule has 0 spiro atoms. The molecule has 1 aromatic heterocycles. The van der Waals surface area contributed by atoms with Gasteiger partial charge in [-0.2, -0.15) is 5.10 Å². The fraction of sp³-hybridized carbons (Fsp3) is 0.500. The van der Waals surface area contributed by atoms with Crippen LogP contribution in [0.25, 0.3) is 0 Å². The highest BCUT2D eigenvalue weighted by Gasteiger charge is 2.22. The van der Waals surface area contributed by atoms with Crippen molar-refractivity contribution in [2.75, 3.05) is 34.4 Å². The van der Waals surface area contributed by atoms with Gasteiger partial charge in [-0.25, -0.2) is 0 Å². The van der Waals surface area contributed by atoms with E-state index in [1.807, 2.05) is 30.6 Å². The van der Waals surface area contributed by atoms with Gasteiger partial charge in [0.15, 0.2) is 11.5 Å². The van der Waals surface area contributed by atoms with E-state index in [9.17, 15) is 0 Å². The van der Waals surface area contributed by atoms with Crippen LogP contribution in [0.2, 0.25) is 0 Å². The van der Waals surface area contributed by atoms with E-state index < -0.39 is 0 Å². The quantitative estimate of drug-likeness (QED) is 0.814. The van der Waals surface area contributed by atoms with E-state index in [2.05, 4.69) is 14.7 Å². The Kier molecular flexibility index (Phi) is 5.25. The van der Waals surface area contributed by atoms with Crippen molar-refractivity contribution in [1.29, 1.82) is 0 Å². The normalized spacial score (nSPS) is 18.4. The Balaban J connectivity index is 1.75. The van der Waals surface area contributed by atoms with Gasteiger partial charge < -0.3 is 14.2 Å². The van der Waals surface area contributed by atoms with Crippen LogP contribution in [0.1, 0.15) is 24.4 Å². The Morgan fingerprint density at radius 2 is 1.88 bits per heavy atom. The zero-order chi connectivity index (χ0) is 16.9. The molecule has 1 fully saturated rings. The predicted molar refractivity (Wildman–Crippen MR) is 91.9 cm³/mol. The van der Waals surface area contributed by atoms with Crippen molar-refractivity contribution < 1.29 is 14.2 Å². The van der Waals surface area contributed by atoms with Gasteiger partial charge in [0.1, 0.15) is 0 Å². The van der Waals surface area contributed by atoms with Gasteiger partial charge in [-0.1, -0.05) is 0 Å². The molecule has 1 saturated heterocycles. The van der Waals surface area contributed by atoms with Gasteiger partial charge in [0, 0.05) is 25.5 Å². The van der Waals surface area contributed by atoms with Crippen LogP contribution in [0.3, 0.4) is 0 Å². The smallest absolute Gasteiger partial charge is 0.203 e. The van der Waals surface area contributed by atoms with Crippen LogP contribution in [0.5, 0.6) is 17.2 Å². The molecular formula is C18H25N3O3. The van der Waals surface area contributed by atoms with Gasteiger partial charge in [0.05, 0.1) is 27.4 Å². The van der Waals surface area contributed by atoms with Gasteiger partial charge in [0.2, 0.25) is 5.75 Å². The minimum absolute atomic E-state index is 0.441. The molecule has 0 aliphatic carbocycles. The number of hydrogen-bond donors (Lipinski definition) is 0. The molecule has 0 N–H and O–H groups in total. The summed E-state index contributed by atoms with van der Waals surface area (Å²) in [7, 11) is 4.92. The molecule has 0 radical (unpaired) electrons. The van der Waals surface area contributed by atoms with Gasteiger partial charge >= 0.3 is 0 Å². The summed E-state index contributed by atoms with van der Waals surface area (Å²) in [4.78, 5) is 2.45. The van der Waals surface area contributed by atoms with Crippen molar-refractivity contribution in [3.8, 4) is 17.2 Å². The molecular weight excluding hydrogens is 306 g/mol. The van der Waals surface area contributed by atoms with Crippen LogP contribution in [0, 0.1) is 0 Å². The number of nitrogens with zero attached hydrogens (tertiary/aromatic N) is 3. The third kappa shape index (κ3) is 3.48. The highest BCUT2D eigenvalue weighted by atomic mass is 16.5. The summed E-state index contributed by atoms with van der Waals surface area (Å²) in [6.45, 7) is 2.95. The number of benzene rings is 1. The maximum absolute atomic E-state index is 5.45. The lowest BCUT2D eigenvalue weighted by molar-refractivity contribution is 0.163. The van der Waals surface area contributed by atoms with Crippen molar-refractivity contribution in [3.05, 3.63) is 36.2 Å². The number of hydrogen-bond acceptors (Lipinski definition) is 5. The number of methoxy groups -OCH3 is 3. The lowest BCUT2D eigenvalue weighted by Crippen LogP contribution is -2.36. The summed E-state index contributed by atoms with van der Waals surface area (Å²) in [6, 6.07) is 6.48. The fourth-order valence-electron chi connectivity index (χ4n) is 3.37. The molecule has 2 heterocycles. The van der Waals surface area contributed by atoms with E-state index >= 15 is 0 Å². The van der Waals surface area contributed by atoms with Gasteiger partial charge in [0.25, 0.3) is 0 Å². The molecule has 6 heteroatoms. The number of rotatable bonds is 6.